The summed E-state index contributed by atoms with van der Waals surface area (Å²) < 4.78 is 7.43. The minimum absolute atomic E-state index is 0.108. The molecule has 1 aliphatic rings. The van der Waals surface area contributed by atoms with E-state index in [0.717, 1.165) is 43.2 Å². The predicted molar refractivity (Wildman–Crippen MR) is 125 cm³/mol. The van der Waals surface area contributed by atoms with Gasteiger partial charge in [-0.3, -0.25) is 9.69 Å². The quantitative estimate of drug-likeness (QED) is 0.644. The summed E-state index contributed by atoms with van der Waals surface area (Å²) in [5.41, 5.74) is 4.81. The highest BCUT2D eigenvalue weighted by atomic mass is 16.3. The summed E-state index contributed by atoms with van der Waals surface area (Å²) in [7, 11) is 0. The van der Waals surface area contributed by atoms with E-state index in [2.05, 4.69) is 52.4 Å². The molecule has 1 aliphatic heterocycles. The van der Waals surface area contributed by atoms with Crippen molar-refractivity contribution < 1.29 is 9.21 Å². The number of aromatic nitrogens is 1. The van der Waals surface area contributed by atoms with Crippen molar-refractivity contribution in [2.45, 2.75) is 27.3 Å². The Balaban J connectivity index is 1.41. The second-order valence-electron chi connectivity index (χ2n) is 8.36. The Labute approximate surface area is 188 Å². The standard InChI is InChI=1S/C25H29N5O2/c1-18-6-4-7-21(14-18)29-11-9-28(10-12-29)17-24(31)27-25-23(15-26)19(2)20(3)30(25)16-22-8-5-13-32-22/h4-8,13-14H,9-12,16-17H2,1-3H3,(H,27,31). The summed E-state index contributed by atoms with van der Waals surface area (Å²) in [4.78, 5) is 17.4. The second-order valence-corrected chi connectivity index (χ2v) is 8.36. The highest BCUT2D eigenvalue weighted by molar-refractivity contribution is 5.93. The molecule has 3 heterocycles. The minimum atomic E-state index is -0.108. The fourth-order valence-electron chi connectivity index (χ4n) is 4.25. The maximum atomic E-state index is 12.9. The predicted octanol–water partition coefficient (Wildman–Crippen LogP) is 3.69. The number of amides is 1. The van der Waals surface area contributed by atoms with Crippen LogP contribution in [0, 0.1) is 32.1 Å². The average Bonchev–Trinajstić information content (AvgIpc) is 3.37. The summed E-state index contributed by atoms with van der Waals surface area (Å²) in [5.74, 6) is 1.21. The molecule has 1 fully saturated rings. The van der Waals surface area contributed by atoms with Crippen LogP contribution in [0.4, 0.5) is 11.5 Å². The van der Waals surface area contributed by atoms with E-state index in [1.807, 2.05) is 30.5 Å². The van der Waals surface area contributed by atoms with E-state index in [1.54, 1.807) is 6.26 Å². The number of anilines is 2. The second kappa shape index (κ2) is 9.33. The van der Waals surface area contributed by atoms with Gasteiger partial charge in [0.15, 0.2) is 0 Å². The van der Waals surface area contributed by atoms with Crippen molar-refractivity contribution in [1.29, 1.82) is 5.26 Å². The molecule has 0 atom stereocenters. The third-order valence-corrected chi connectivity index (χ3v) is 6.20. The molecule has 3 aromatic rings. The maximum absolute atomic E-state index is 12.9. The highest BCUT2D eigenvalue weighted by Gasteiger charge is 2.23. The largest absolute Gasteiger partial charge is 0.467 e. The molecule has 7 nitrogen and oxygen atoms in total. The van der Waals surface area contributed by atoms with Crippen molar-refractivity contribution >= 4 is 17.4 Å². The van der Waals surface area contributed by atoms with Crippen molar-refractivity contribution in [1.82, 2.24) is 9.47 Å². The molecule has 2 aromatic heterocycles. The Morgan fingerprint density at radius 1 is 1.12 bits per heavy atom. The first-order valence-electron chi connectivity index (χ1n) is 10.9. The maximum Gasteiger partial charge on any atom is 0.239 e. The number of piperazine rings is 1. The number of nitrogens with one attached hydrogen (secondary N) is 1. The lowest BCUT2D eigenvalue weighted by atomic mass is 10.2. The molecule has 1 saturated heterocycles. The van der Waals surface area contributed by atoms with Crippen LogP contribution in [0.3, 0.4) is 0 Å². The molecule has 1 amide bonds. The van der Waals surface area contributed by atoms with E-state index in [4.69, 9.17) is 4.42 Å². The molecular weight excluding hydrogens is 402 g/mol. The lowest BCUT2D eigenvalue weighted by molar-refractivity contribution is -0.117. The Bertz CT molecular complexity index is 1130. The number of carbonyl (C=O) groups excluding carboxylic acids is 1. The van der Waals surface area contributed by atoms with E-state index < -0.39 is 0 Å². The number of nitrogens with zero attached hydrogens (tertiary/aromatic N) is 4. The Hall–Kier alpha value is -3.50. The van der Waals surface area contributed by atoms with Crippen molar-refractivity contribution in [3.05, 3.63) is 70.8 Å². The SMILES string of the molecule is Cc1cccc(N2CCN(CC(=O)Nc3c(C#N)c(C)c(C)n3Cc3ccco3)CC2)c1. The number of benzene rings is 1. The van der Waals surface area contributed by atoms with Gasteiger partial charge in [-0.25, -0.2) is 0 Å². The molecule has 0 bridgehead atoms. The van der Waals surface area contributed by atoms with Gasteiger partial charge in [0.25, 0.3) is 0 Å². The van der Waals surface area contributed by atoms with Gasteiger partial charge < -0.3 is 19.2 Å². The van der Waals surface area contributed by atoms with Gasteiger partial charge >= 0.3 is 0 Å². The number of aryl methyl sites for hydroxylation is 1. The van der Waals surface area contributed by atoms with E-state index in [-0.39, 0.29) is 5.91 Å². The average molecular weight is 432 g/mol. The van der Waals surface area contributed by atoms with E-state index in [0.29, 0.717) is 24.5 Å². The zero-order chi connectivity index (χ0) is 22.7. The first-order valence-corrected chi connectivity index (χ1v) is 10.9. The van der Waals surface area contributed by atoms with E-state index in [9.17, 15) is 10.1 Å². The van der Waals surface area contributed by atoms with Crippen LogP contribution in [0.2, 0.25) is 0 Å². The molecule has 0 spiro atoms. The molecule has 4 rings (SSSR count). The number of hydrogen-bond acceptors (Lipinski definition) is 5. The van der Waals surface area contributed by atoms with Gasteiger partial charge in [0, 0.05) is 37.6 Å². The number of nitriles is 1. The van der Waals surface area contributed by atoms with E-state index in [1.165, 1.54) is 11.3 Å². The van der Waals surface area contributed by atoms with Gasteiger partial charge in [-0.15, -0.1) is 0 Å². The Kier molecular flexibility index (Phi) is 6.33. The van der Waals surface area contributed by atoms with Crippen LogP contribution in [-0.2, 0) is 11.3 Å². The summed E-state index contributed by atoms with van der Waals surface area (Å²) in [5, 5.41) is 12.7. The molecule has 0 aliphatic carbocycles. The van der Waals surface area contributed by atoms with Crippen LogP contribution >= 0.6 is 0 Å². The smallest absolute Gasteiger partial charge is 0.239 e. The number of carbonyl (C=O) groups is 1. The van der Waals surface area contributed by atoms with Crippen LogP contribution in [0.1, 0.15) is 28.1 Å². The number of furan rings is 1. The van der Waals surface area contributed by atoms with Gasteiger partial charge in [-0.05, 0) is 56.2 Å². The van der Waals surface area contributed by atoms with Crippen molar-refractivity contribution in [2.24, 2.45) is 0 Å². The van der Waals surface area contributed by atoms with Gasteiger partial charge in [0.2, 0.25) is 5.91 Å². The molecular formula is C25H29N5O2. The van der Waals surface area contributed by atoms with Crippen molar-refractivity contribution in [2.75, 3.05) is 42.9 Å². The molecule has 0 unspecified atom stereocenters. The fourth-order valence-corrected chi connectivity index (χ4v) is 4.25. The number of hydrogen-bond donors (Lipinski definition) is 1. The molecule has 1 N–H and O–H groups in total. The lowest BCUT2D eigenvalue weighted by Crippen LogP contribution is -2.48. The van der Waals surface area contributed by atoms with Gasteiger partial charge in [0.1, 0.15) is 17.6 Å². The van der Waals surface area contributed by atoms with Gasteiger partial charge in [-0.1, -0.05) is 12.1 Å². The fraction of sp³-hybridized carbons (Fsp3) is 0.360. The zero-order valence-electron chi connectivity index (χ0n) is 18.9. The third-order valence-electron chi connectivity index (χ3n) is 6.20. The first kappa shape index (κ1) is 21.7. The zero-order valence-corrected chi connectivity index (χ0v) is 18.9. The summed E-state index contributed by atoms with van der Waals surface area (Å²) in [6.07, 6.45) is 1.63. The Morgan fingerprint density at radius 3 is 2.56 bits per heavy atom. The summed E-state index contributed by atoms with van der Waals surface area (Å²) in [6, 6.07) is 14.5. The highest BCUT2D eigenvalue weighted by Crippen LogP contribution is 2.27. The molecule has 1 aromatic carbocycles. The minimum Gasteiger partial charge on any atom is -0.467 e. The molecule has 0 saturated carbocycles. The molecule has 7 heteroatoms. The number of rotatable bonds is 6. The molecule has 0 radical (unpaired) electrons. The van der Waals surface area contributed by atoms with Crippen molar-refractivity contribution in [3.63, 3.8) is 0 Å². The first-order chi connectivity index (χ1) is 15.5. The van der Waals surface area contributed by atoms with Crippen LogP contribution in [0.15, 0.2) is 47.1 Å². The van der Waals surface area contributed by atoms with E-state index >= 15 is 0 Å². The Morgan fingerprint density at radius 2 is 1.91 bits per heavy atom. The monoisotopic (exact) mass is 431 g/mol. The normalized spacial score (nSPS) is 14.4. The van der Waals surface area contributed by atoms with Gasteiger partial charge in [-0.2, -0.15) is 5.26 Å². The van der Waals surface area contributed by atoms with Crippen molar-refractivity contribution in [3.8, 4) is 6.07 Å². The van der Waals surface area contributed by atoms with Crippen LogP contribution < -0.4 is 10.2 Å². The molecule has 32 heavy (non-hydrogen) atoms. The third kappa shape index (κ3) is 4.56. The van der Waals surface area contributed by atoms with Gasteiger partial charge in [0.05, 0.1) is 24.9 Å². The summed E-state index contributed by atoms with van der Waals surface area (Å²) in [6.45, 7) is 10.1. The topological polar surface area (TPSA) is 77.4 Å². The summed E-state index contributed by atoms with van der Waals surface area (Å²) >= 11 is 0. The lowest BCUT2D eigenvalue weighted by Gasteiger charge is -2.35. The van der Waals surface area contributed by atoms with Crippen LogP contribution in [-0.4, -0.2) is 48.1 Å². The van der Waals surface area contributed by atoms with Crippen LogP contribution in [0.25, 0.3) is 0 Å². The molecule has 166 valence electrons. The van der Waals surface area contributed by atoms with Crippen LogP contribution in [0.5, 0.6) is 0 Å².